The van der Waals surface area contributed by atoms with E-state index in [2.05, 4.69) is 47.9 Å². The van der Waals surface area contributed by atoms with Gasteiger partial charge in [-0.2, -0.15) is 9.78 Å². The molecule has 0 saturated carbocycles. The summed E-state index contributed by atoms with van der Waals surface area (Å²) in [5.74, 6) is -0.412. The van der Waals surface area contributed by atoms with E-state index >= 15 is 0 Å². The first-order chi connectivity index (χ1) is 16.9. The normalized spacial score (nSPS) is 15.3. The third-order valence-corrected chi connectivity index (χ3v) is 5.78. The fraction of sp³-hybridized carbons (Fsp3) is 0.400. The summed E-state index contributed by atoms with van der Waals surface area (Å²) >= 11 is 0. The minimum Gasteiger partial charge on any atom is -0.378 e. The molecule has 15 nitrogen and oxygen atoms in total. The lowest BCUT2D eigenvalue weighted by atomic mass is 10.1. The predicted molar refractivity (Wildman–Crippen MR) is 124 cm³/mol. The monoisotopic (exact) mass is 483 g/mol. The molecular weight excluding hydrogens is 458 g/mol. The average molecular weight is 483 g/mol. The molecule has 1 saturated heterocycles. The van der Waals surface area contributed by atoms with Crippen LogP contribution in [-0.4, -0.2) is 84.4 Å². The largest absolute Gasteiger partial charge is 0.378 e. The van der Waals surface area contributed by atoms with Crippen molar-refractivity contribution in [1.82, 2.24) is 40.5 Å². The van der Waals surface area contributed by atoms with Gasteiger partial charge in [0.1, 0.15) is 0 Å². The van der Waals surface area contributed by atoms with E-state index in [0.717, 1.165) is 32.7 Å². The van der Waals surface area contributed by atoms with Crippen LogP contribution in [0.25, 0.3) is 5.82 Å². The summed E-state index contributed by atoms with van der Waals surface area (Å²) in [5.41, 5.74) is 9.91. The van der Waals surface area contributed by atoms with Gasteiger partial charge in [-0.1, -0.05) is 12.1 Å². The number of carbonyl (C=O) groups excluding carboxylic acids is 1. The van der Waals surface area contributed by atoms with Gasteiger partial charge < -0.3 is 10.6 Å². The maximum atomic E-state index is 13.0. The van der Waals surface area contributed by atoms with Gasteiger partial charge >= 0.3 is 0 Å². The van der Waals surface area contributed by atoms with Crippen molar-refractivity contribution < 1.29 is 14.3 Å². The van der Waals surface area contributed by atoms with E-state index < -0.39 is 10.8 Å². The molecule has 35 heavy (non-hydrogen) atoms. The van der Waals surface area contributed by atoms with E-state index in [1.54, 1.807) is 19.1 Å². The Kier molecular flexibility index (Phi) is 7.07. The van der Waals surface area contributed by atoms with E-state index in [-0.39, 0.29) is 23.0 Å². The van der Waals surface area contributed by atoms with Crippen molar-refractivity contribution in [1.29, 1.82) is 0 Å². The first-order valence-corrected chi connectivity index (χ1v) is 10.9. The molecule has 3 N–H and O–H groups in total. The lowest BCUT2D eigenvalue weighted by Crippen LogP contribution is -2.46. The fourth-order valence-corrected chi connectivity index (χ4v) is 3.68. The number of nitrogen functional groups attached to an aromatic ring is 1. The molecule has 0 unspecified atom stereocenters. The molecule has 3 heterocycles. The Morgan fingerprint density at radius 3 is 2.49 bits per heavy atom. The Morgan fingerprint density at radius 2 is 1.89 bits per heavy atom. The fourth-order valence-electron chi connectivity index (χ4n) is 3.68. The number of anilines is 1. The number of piperazine rings is 1. The second-order valence-electron chi connectivity index (χ2n) is 7.92. The molecule has 4 rings (SSSR count). The molecule has 0 aliphatic carbocycles. The van der Waals surface area contributed by atoms with Gasteiger partial charge in [0, 0.05) is 44.9 Å². The molecule has 0 radical (unpaired) electrons. The molecule has 15 heteroatoms. The smallest absolute Gasteiger partial charge is 0.293 e. The number of non-ortho nitro benzene ring substituents is 1. The van der Waals surface area contributed by atoms with Gasteiger partial charge in [-0.25, -0.2) is 10.1 Å². The Bertz CT molecular complexity index is 1230. The van der Waals surface area contributed by atoms with Crippen LogP contribution in [0.5, 0.6) is 0 Å². The number of nitro benzene ring substituents is 1. The van der Waals surface area contributed by atoms with Crippen LogP contribution in [-0.2, 0) is 6.54 Å². The highest BCUT2D eigenvalue weighted by atomic mass is 16.6. The van der Waals surface area contributed by atoms with Crippen LogP contribution in [0.2, 0.25) is 0 Å². The molecular formula is C20H25N11O4. The summed E-state index contributed by atoms with van der Waals surface area (Å²) in [6.45, 7) is 8.59. The average Bonchev–Trinajstić information content (AvgIpc) is 3.48. The van der Waals surface area contributed by atoms with Crippen molar-refractivity contribution in [3.63, 3.8) is 0 Å². The summed E-state index contributed by atoms with van der Waals surface area (Å²) in [5, 5.41) is 30.4. The molecule has 1 aromatic carbocycles. The topological polar surface area (TPSA) is 187 Å². The van der Waals surface area contributed by atoms with Gasteiger partial charge in [0.25, 0.3) is 11.6 Å². The molecule has 1 aliphatic heterocycles. The van der Waals surface area contributed by atoms with E-state index in [9.17, 15) is 14.9 Å². The SMILES string of the molecule is CCN1CCN(Cc2c(C(=O)N/N=C(\C)c3ccc([N+](=O)[O-])cc3)nnn2-c2nonc2N)CC1. The summed E-state index contributed by atoms with van der Waals surface area (Å²) in [6, 6.07) is 5.85. The molecule has 0 bridgehead atoms. The second-order valence-corrected chi connectivity index (χ2v) is 7.92. The molecule has 3 aromatic rings. The van der Waals surface area contributed by atoms with Gasteiger partial charge in [0.2, 0.25) is 11.6 Å². The number of likely N-dealkylation sites (N-methyl/N-ethyl adjacent to an activating group) is 1. The van der Waals surface area contributed by atoms with Crippen molar-refractivity contribution in [3.05, 3.63) is 51.3 Å². The molecule has 1 aliphatic rings. The zero-order valence-corrected chi connectivity index (χ0v) is 19.3. The first kappa shape index (κ1) is 23.9. The lowest BCUT2D eigenvalue weighted by Gasteiger charge is -2.33. The number of benzene rings is 1. The zero-order chi connectivity index (χ0) is 24.9. The first-order valence-electron chi connectivity index (χ1n) is 10.9. The van der Waals surface area contributed by atoms with Crippen LogP contribution < -0.4 is 11.2 Å². The van der Waals surface area contributed by atoms with E-state index in [1.165, 1.54) is 16.8 Å². The number of carbonyl (C=O) groups is 1. The van der Waals surface area contributed by atoms with Gasteiger partial charge in [0.05, 0.1) is 16.3 Å². The van der Waals surface area contributed by atoms with Crippen molar-refractivity contribution >= 4 is 23.1 Å². The number of aromatic nitrogens is 5. The van der Waals surface area contributed by atoms with Crippen LogP contribution >= 0.6 is 0 Å². The molecule has 184 valence electrons. The van der Waals surface area contributed by atoms with Gasteiger partial charge in [-0.05, 0) is 41.5 Å². The van der Waals surface area contributed by atoms with Crippen molar-refractivity contribution in [3.8, 4) is 5.82 Å². The molecule has 0 spiro atoms. The molecule has 1 fully saturated rings. The summed E-state index contributed by atoms with van der Waals surface area (Å²) in [7, 11) is 0. The maximum absolute atomic E-state index is 13.0. The van der Waals surface area contributed by atoms with Crippen LogP contribution in [0.4, 0.5) is 11.5 Å². The predicted octanol–water partition coefficient (Wildman–Crippen LogP) is 0.432. The number of hydrazone groups is 1. The zero-order valence-electron chi connectivity index (χ0n) is 19.3. The minimum atomic E-state index is -0.574. The molecule has 0 atom stereocenters. The molecule has 2 aromatic heterocycles. The number of hydrogen-bond donors (Lipinski definition) is 2. The van der Waals surface area contributed by atoms with Crippen LogP contribution in [0.3, 0.4) is 0 Å². The number of amides is 1. The van der Waals surface area contributed by atoms with Crippen molar-refractivity contribution in [2.24, 2.45) is 5.10 Å². The highest BCUT2D eigenvalue weighted by molar-refractivity contribution is 6.00. The Morgan fingerprint density at radius 1 is 1.20 bits per heavy atom. The van der Waals surface area contributed by atoms with E-state index in [4.69, 9.17) is 10.4 Å². The van der Waals surface area contributed by atoms with Crippen molar-refractivity contribution in [2.45, 2.75) is 20.4 Å². The Hall–Kier alpha value is -4.24. The van der Waals surface area contributed by atoms with Gasteiger partial charge in [-0.15, -0.1) is 5.10 Å². The number of nitrogens with one attached hydrogen (secondary N) is 1. The summed E-state index contributed by atoms with van der Waals surface area (Å²) < 4.78 is 6.04. The van der Waals surface area contributed by atoms with Crippen LogP contribution in [0.15, 0.2) is 34.0 Å². The van der Waals surface area contributed by atoms with E-state index in [1.807, 2.05) is 0 Å². The number of hydrogen-bond acceptors (Lipinski definition) is 12. The van der Waals surface area contributed by atoms with Gasteiger partial charge in [0.15, 0.2) is 5.69 Å². The number of rotatable bonds is 8. The third kappa shape index (κ3) is 5.30. The highest BCUT2D eigenvalue weighted by Gasteiger charge is 2.27. The molecule has 1 amide bonds. The summed E-state index contributed by atoms with van der Waals surface area (Å²) in [4.78, 5) is 27.9. The Balaban J connectivity index is 1.55. The quantitative estimate of drug-likeness (QED) is 0.257. The van der Waals surface area contributed by atoms with Gasteiger partial charge in [-0.3, -0.25) is 19.8 Å². The van der Waals surface area contributed by atoms with Crippen LogP contribution in [0, 0.1) is 10.1 Å². The third-order valence-electron chi connectivity index (χ3n) is 5.78. The Labute approximate surface area is 199 Å². The number of nitro groups is 1. The van der Waals surface area contributed by atoms with E-state index in [0.29, 0.717) is 23.5 Å². The standard InChI is InChI=1S/C20H25N11O4/c1-3-28-8-10-29(11-9-28)12-16-17(23-27-30(16)19-18(21)25-35-26-19)20(32)24-22-13(2)14-4-6-15(7-5-14)31(33)34/h4-7H,3,8-12H2,1-2H3,(H2,21,25)(H,24,32)/b22-13+. The van der Waals surface area contributed by atoms with Crippen LogP contribution in [0.1, 0.15) is 35.6 Å². The maximum Gasteiger partial charge on any atom is 0.293 e. The minimum absolute atomic E-state index is 0.0194. The number of nitrogens with zero attached hydrogens (tertiary/aromatic N) is 9. The summed E-state index contributed by atoms with van der Waals surface area (Å²) in [6.07, 6.45) is 0. The second kappa shape index (κ2) is 10.4. The lowest BCUT2D eigenvalue weighted by molar-refractivity contribution is -0.384. The van der Waals surface area contributed by atoms with Crippen molar-refractivity contribution in [2.75, 3.05) is 38.5 Å². The number of nitrogens with two attached hydrogens (primary N) is 1. The highest BCUT2D eigenvalue weighted by Crippen LogP contribution is 2.19.